The fraction of sp³-hybridized carbons (Fsp3) is 0.905. The summed E-state index contributed by atoms with van der Waals surface area (Å²) in [6.45, 7) is 5.98. The third kappa shape index (κ3) is 9.56. The van der Waals surface area contributed by atoms with Crippen molar-refractivity contribution in [2.45, 2.75) is 103 Å². The number of nitrogens with two attached hydrogens (primary N) is 1. The molecule has 8 nitrogen and oxygen atoms in total. The number of nitrogens with one attached hydrogen (secondary N) is 1. The summed E-state index contributed by atoms with van der Waals surface area (Å²) < 4.78 is 11.8. The van der Waals surface area contributed by atoms with E-state index in [2.05, 4.69) is 5.32 Å². The number of hydrazine groups is 1. The molecular weight excluding hydrogens is 405 g/mol. The van der Waals surface area contributed by atoms with Gasteiger partial charge in [0, 0.05) is 6.54 Å². The first-order valence-electron chi connectivity index (χ1n) is 11.5. The highest BCUT2D eigenvalue weighted by atomic mass is 31.2. The zero-order valence-electron chi connectivity index (χ0n) is 18.9. The minimum Gasteiger partial charge on any atom is -0.323 e. The van der Waals surface area contributed by atoms with Crippen molar-refractivity contribution < 1.29 is 23.9 Å². The van der Waals surface area contributed by atoms with Gasteiger partial charge in [-0.25, -0.2) is 5.84 Å². The summed E-state index contributed by atoms with van der Waals surface area (Å²) in [4.78, 5) is 45.7. The van der Waals surface area contributed by atoms with E-state index in [1.807, 2.05) is 13.8 Å². The minimum atomic E-state index is -4.41. The average Bonchev–Trinajstić information content (AvgIpc) is 2.67. The third-order valence-corrected chi connectivity index (χ3v) is 7.13. The highest BCUT2D eigenvalue weighted by Crippen LogP contribution is 2.41. The van der Waals surface area contributed by atoms with Gasteiger partial charge in [-0.1, -0.05) is 65.7 Å². The number of rotatable bonds is 8. The smallest absolute Gasteiger partial charge is 0.323 e. The molecule has 1 aliphatic rings. The average molecular weight is 448 g/mol. The molecule has 2 unspecified atom stereocenters. The van der Waals surface area contributed by atoms with Crippen LogP contribution < -0.4 is 11.2 Å². The second-order valence-corrected chi connectivity index (χ2v) is 10.8. The molecule has 0 aromatic rings. The Labute approximate surface area is 181 Å². The molecule has 3 atom stereocenters. The van der Waals surface area contributed by atoms with Gasteiger partial charge in [-0.2, -0.15) is 0 Å². The SMILES string of the molecule is CC[C@@H](NC(CC(C)C)C(=O)C1CCCCCCCCCCN(N)C1=O)P(=O)(O)O. The van der Waals surface area contributed by atoms with Crippen LogP contribution in [-0.4, -0.2) is 44.9 Å². The van der Waals surface area contributed by atoms with Gasteiger partial charge in [0.15, 0.2) is 5.78 Å². The van der Waals surface area contributed by atoms with Crippen LogP contribution in [0.2, 0.25) is 0 Å². The summed E-state index contributed by atoms with van der Waals surface area (Å²) in [5, 5.41) is 4.05. The van der Waals surface area contributed by atoms with Gasteiger partial charge in [-0.3, -0.25) is 24.5 Å². The normalized spacial score (nSPS) is 22.7. The fourth-order valence-corrected chi connectivity index (χ4v) is 4.90. The lowest BCUT2D eigenvalue weighted by Crippen LogP contribution is -2.51. The molecule has 1 heterocycles. The Morgan fingerprint density at radius 3 is 2.17 bits per heavy atom. The molecule has 0 aliphatic carbocycles. The minimum absolute atomic E-state index is 0.125. The van der Waals surface area contributed by atoms with E-state index < -0.39 is 25.3 Å². The number of amides is 1. The van der Waals surface area contributed by atoms with Crippen LogP contribution >= 0.6 is 7.60 Å². The number of carbonyl (C=O) groups is 2. The topological polar surface area (TPSA) is 133 Å². The second-order valence-electron chi connectivity index (χ2n) is 8.97. The van der Waals surface area contributed by atoms with E-state index in [0.29, 0.717) is 19.4 Å². The van der Waals surface area contributed by atoms with E-state index in [-0.39, 0.29) is 24.0 Å². The Morgan fingerprint density at radius 1 is 1.13 bits per heavy atom. The van der Waals surface area contributed by atoms with Crippen molar-refractivity contribution in [2.24, 2.45) is 17.7 Å². The van der Waals surface area contributed by atoms with Gasteiger partial charge >= 0.3 is 7.60 Å². The van der Waals surface area contributed by atoms with Crippen molar-refractivity contribution in [1.29, 1.82) is 0 Å². The van der Waals surface area contributed by atoms with Crippen LogP contribution in [0.25, 0.3) is 0 Å². The van der Waals surface area contributed by atoms with Crippen LogP contribution in [0.4, 0.5) is 0 Å². The molecule has 1 aliphatic heterocycles. The van der Waals surface area contributed by atoms with Crippen LogP contribution in [0.3, 0.4) is 0 Å². The molecule has 0 saturated carbocycles. The molecule has 9 heteroatoms. The molecule has 1 saturated heterocycles. The predicted octanol–water partition coefficient (Wildman–Crippen LogP) is 3.32. The zero-order chi connectivity index (χ0) is 22.7. The first-order valence-corrected chi connectivity index (χ1v) is 13.2. The van der Waals surface area contributed by atoms with Crippen LogP contribution in [0.1, 0.15) is 91.4 Å². The van der Waals surface area contributed by atoms with Gasteiger partial charge in [-0.05, 0) is 31.6 Å². The van der Waals surface area contributed by atoms with Gasteiger partial charge in [0.1, 0.15) is 5.78 Å². The maximum absolute atomic E-state index is 13.4. The Bertz CT molecular complexity index is 581. The Balaban J connectivity index is 3.05. The van der Waals surface area contributed by atoms with Crippen molar-refractivity contribution >= 4 is 19.3 Å². The highest BCUT2D eigenvalue weighted by Gasteiger charge is 2.37. The fourth-order valence-electron chi connectivity index (χ4n) is 4.05. The lowest BCUT2D eigenvalue weighted by molar-refractivity contribution is -0.143. The number of carbonyl (C=O) groups excluding carboxylic acids is 2. The van der Waals surface area contributed by atoms with E-state index >= 15 is 0 Å². The first kappa shape index (κ1) is 27.2. The number of Topliss-reactive ketones (excluding diaryl/α,β-unsaturated/α-hetero) is 1. The summed E-state index contributed by atoms with van der Waals surface area (Å²) in [5.74, 6) is 3.48. The summed E-state index contributed by atoms with van der Waals surface area (Å²) in [6, 6.07) is -0.791. The van der Waals surface area contributed by atoms with Crippen LogP contribution in [-0.2, 0) is 14.2 Å². The van der Waals surface area contributed by atoms with Crippen molar-refractivity contribution in [1.82, 2.24) is 10.3 Å². The molecule has 5 N–H and O–H groups in total. The number of hydrogen-bond donors (Lipinski definition) is 4. The number of nitrogens with zero attached hydrogens (tertiary/aromatic N) is 1. The summed E-state index contributed by atoms with van der Waals surface area (Å²) in [6.07, 6.45) is 9.14. The van der Waals surface area contributed by atoms with E-state index in [1.54, 1.807) is 6.92 Å². The lowest BCUT2D eigenvalue weighted by atomic mass is 9.87. The third-order valence-electron chi connectivity index (χ3n) is 5.80. The molecule has 1 fully saturated rings. The zero-order valence-corrected chi connectivity index (χ0v) is 19.8. The van der Waals surface area contributed by atoms with Crippen molar-refractivity contribution in [3.05, 3.63) is 0 Å². The Morgan fingerprint density at radius 2 is 1.67 bits per heavy atom. The van der Waals surface area contributed by atoms with Crippen LogP contribution in [0, 0.1) is 11.8 Å². The first-order chi connectivity index (χ1) is 14.1. The molecule has 30 heavy (non-hydrogen) atoms. The van der Waals surface area contributed by atoms with Gasteiger partial charge < -0.3 is 9.79 Å². The maximum Gasteiger partial charge on any atom is 0.342 e. The number of ketones is 1. The highest BCUT2D eigenvalue weighted by molar-refractivity contribution is 7.52. The van der Waals surface area contributed by atoms with E-state index in [4.69, 9.17) is 5.84 Å². The molecule has 0 aromatic carbocycles. The standard InChI is InChI=1S/C21H42N3O5P/c1-4-19(30(27,28)29)23-18(15-16(2)3)20(25)17-13-11-9-7-5-6-8-10-12-14-24(22)21(17)26/h16-19,23H,4-15,22H2,1-3H3,(H2,27,28,29)/t17?,18?,19-/m0/s1. The van der Waals surface area contributed by atoms with Crippen LogP contribution in [0.5, 0.6) is 0 Å². The number of hydrogen-bond acceptors (Lipinski definition) is 5. The Kier molecular flexibility index (Phi) is 12.3. The molecule has 176 valence electrons. The monoisotopic (exact) mass is 447 g/mol. The summed E-state index contributed by atoms with van der Waals surface area (Å²) in [7, 11) is -4.41. The lowest BCUT2D eigenvalue weighted by Gasteiger charge is -2.30. The van der Waals surface area contributed by atoms with Gasteiger partial charge in [0.25, 0.3) is 0 Å². The molecular formula is C21H42N3O5P. The molecule has 1 amide bonds. The summed E-state index contributed by atoms with van der Waals surface area (Å²) >= 11 is 0. The molecule has 0 aromatic heterocycles. The summed E-state index contributed by atoms with van der Waals surface area (Å²) in [5.41, 5.74) is 0. The second kappa shape index (κ2) is 13.6. The molecule has 0 radical (unpaired) electrons. The van der Waals surface area contributed by atoms with Crippen molar-refractivity contribution in [3.63, 3.8) is 0 Å². The van der Waals surface area contributed by atoms with Gasteiger partial charge in [0.05, 0.1) is 12.0 Å². The maximum atomic E-state index is 13.4. The molecule has 0 bridgehead atoms. The van der Waals surface area contributed by atoms with E-state index in [0.717, 1.165) is 44.9 Å². The van der Waals surface area contributed by atoms with Crippen molar-refractivity contribution in [3.8, 4) is 0 Å². The quantitative estimate of drug-likeness (QED) is 0.194. The van der Waals surface area contributed by atoms with E-state index in [9.17, 15) is 23.9 Å². The Hall–Kier alpha value is -0.790. The molecule has 1 rings (SSSR count). The van der Waals surface area contributed by atoms with E-state index in [1.165, 1.54) is 11.4 Å². The van der Waals surface area contributed by atoms with Crippen molar-refractivity contribution in [2.75, 3.05) is 6.54 Å². The van der Waals surface area contributed by atoms with Gasteiger partial charge in [0.2, 0.25) is 5.91 Å². The molecule has 0 spiro atoms. The van der Waals surface area contributed by atoms with Crippen LogP contribution in [0.15, 0.2) is 0 Å². The predicted molar refractivity (Wildman–Crippen MR) is 118 cm³/mol. The largest absolute Gasteiger partial charge is 0.342 e. The van der Waals surface area contributed by atoms with Gasteiger partial charge in [-0.15, -0.1) is 0 Å².